The summed E-state index contributed by atoms with van der Waals surface area (Å²) in [4.78, 5) is 12.6. The summed E-state index contributed by atoms with van der Waals surface area (Å²) in [5.74, 6) is 0.111. The van der Waals surface area contributed by atoms with E-state index in [9.17, 15) is 4.79 Å². The molecule has 2 nitrogen and oxygen atoms in total. The molecule has 3 aromatic carbocycles. The number of hydrogen-bond donors (Lipinski definition) is 0. The topological polar surface area (TPSA) is 20.9 Å². The zero-order valence-electron chi connectivity index (χ0n) is 13.8. The summed E-state index contributed by atoms with van der Waals surface area (Å²) >= 11 is 0. The molecule has 0 spiro atoms. The molecule has 0 atom stereocenters. The molecule has 120 valence electrons. The van der Waals surface area contributed by atoms with Gasteiger partial charge in [0.1, 0.15) is 0 Å². The predicted octanol–water partition coefficient (Wildman–Crippen LogP) is 4.68. The van der Waals surface area contributed by atoms with Gasteiger partial charge in [-0.25, -0.2) is 0 Å². The van der Waals surface area contributed by atoms with Gasteiger partial charge in [0.25, 0.3) is 0 Å². The Kier molecular flexibility index (Phi) is 4.09. The van der Waals surface area contributed by atoms with Gasteiger partial charge in [-0.05, 0) is 22.6 Å². The highest BCUT2D eigenvalue weighted by Crippen LogP contribution is 2.19. The number of rotatable bonds is 4. The number of fused-ring (bicyclic) bond motifs is 1. The van der Waals surface area contributed by atoms with Crippen LogP contribution in [0.2, 0.25) is 0 Å². The maximum absolute atomic E-state index is 12.6. The minimum absolute atomic E-state index is 0.111. The van der Waals surface area contributed by atoms with Crippen molar-refractivity contribution in [3.63, 3.8) is 0 Å². The van der Waals surface area contributed by atoms with Crippen LogP contribution in [0.5, 0.6) is 0 Å². The second-order valence-corrected chi connectivity index (χ2v) is 6.11. The van der Waals surface area contributed by atoms with Gasteiger partial charge < -0.3 is 0 Å². The fraction of sp³-hybridized carbons (Fsp3) is 0.0435. The summed E-state index contributed by atoms with van der Waals surface area (Å²) in [5, 5.41) is 2.32. The first kappa shape index (κ1) is 15.3. The number of ketones is 1. The lowest BCUT2D eigenvalue weighted by molar-refractivity contribution is -0.681. The van der Waals surface area contributed by atoms with Crippen molar-refractivity contribution < 1.29 is 9.36 Å². The molecule has 4 aromatic rings. The van der Waals surface area contributed by atoms with E-state index >= 15 is 0 Å². The Morgan fingerprint density at radius 1 is 0.680 bits per heavy atom. The minimum Gasteiger partial charge on any atom is -0.287 e. The van der Waals surface area contributed by atoms with Crippen molar-refractivity contribution >= 4 is 16.6 Å². The highest BCUT2D eigenvalue weighted by atomic mass is 16.1. The molecule has 0 aliphatic carbocycles. The van der Waals surface area contributed by atoms with E-state index in [0.717, 1.165) is 22.1 Å². The number of benzene rings is 3. The van der Waals surface area contributed by atoms with Crippen LogP contribution in [0, 0.1) is 0 Å². The van der Waals surface area contributed by atoms with Crippen LogP contribution in [0.3, 0.4) is 0 Å². The van der Waals surface area contributed by atoms with Gasteiger partial charge in [-0.2, -0.15) is 4.57 Å². The van der Waals surface area contributed by atoms with Gasteiger partial charge in [-0.15, -0.1) is 0 Å². The van der Waals surface area contributed by atoms with E-state index in [0.29, 0.717) is 6.54 Å². The number of aromatic nitrogens is 1. The van der Waals surface area contributed by atoms with Crippen molar-refractivity contribution in [3.05, 3.63) is 103 Å². The van der Waals surface area contributed by atoms with Crippen LogP contribution < -0.4 is 4.57 Å². The van der Waals surface area contributed by atoms with Gasteiger partial charge in [0.2, 0.25) is 12.3 Å². The lowest BCUT2D eigenvalue weighted by Crippen LogP contribution is -2.37. The normalized spacial score (nSPS) is 10.7. The number of hydrogen-bond acceptors (Lipinski definition) is 1. The van der Waals surface area contributed by atoms with E-state index in [-0.39, 0.29) is 5.78 Å². The number of carbonyl (C=O) groups excluding carboxylic acids is 1. The molecule has 0 aliphatic rings. The Hall–Kier alpha value is -3.26. The van der Waals surface area contributed by atoms with Crippen molar-refractivity contribution in [3.8, 4) is 11.1 Å². The van der Waals surface area contributed by atoms with Crippen LogP contribution in [0.15, 0.2) is 97.3 Å². The summed E-state index contributed by atoms with van der Waals surface area (Å²) < 4.78 is 1.94. The third kappa shape index (κ3) is 3.33. The highest BCUT2D eigenvalue weighted by molar-refractivity contribution is 5.95. The Bertz CT molecular complexity index is 1020. The Morgan fingerprint density at radius 3 is 2.08 bits per heavy atom. The van der Waals surface area contributed by atoms with Crippen LogP contribution in [-0.4, -0.2) is 5.78 Å². The van der Waals surface area contributed by atoms with E-state index in [1.54, 1.807) is 0 Å². The molecule has 0 saturated carbocycles. The summed E-state index contributed by atoms with van der Waals surface area (Å²) in [6.07, 6.45) is 3.98. The van der Waals surface area contributed by atoms with Crippen LogP contribution in [0.25, 0.3) is 21.9 Å². The quantitative estimate of drug-likeness (QED) is 0.394. The second kappa shape index (κ2) is 6.70. The van der Waals surface area contributed by atoms with Crippen molar-refractivity contribution in [1.82, 2.24) is 0 Å². The van der Waals surface area contributed by atoms with Crippen molar-refractivity contribution in [1.29, 1.82) is 0 Å². The average molecular weight is 324 g/mol. The molecule has 2 heteroatoms. The van der Waals surface area contributed by atoms with Crippen molar-refractivity contribution in [2.75, 3.05) is 0 Å². The molecule has 0 N–H and O–H groups in total. The number of nitrogens with zero attached hydrogens (tertiary/aromatic N) is 1. The molecule has 0 amide bonds. The number of pyridine rings is 1. The molecule has 1 heterocycles. The van der Waals surface area contributed by atoms with Crippen LogP contribution in [-0.2, 0) is 6.54 Å². The molecule has 0 radical (unpaired) electrons. The summed E-state index contributed by atoms with van der Waals surface area (Å²) in [6.45, 7) is 0.343. The zero-order chi connectivity index (χ0) is 17.1. The van der Waals surface area contributed by atoms with E-state index in [2.05, 4.69) is 24.3 Å². The Morgan fingerprint density at radius 2 is 1.32 bits per heavy atom. The molecule has 0 bridgehead atoms. The van der Waals surface area contributed by atoms with Crippen molar-refractivity contribution in [2.24, 2.45) is 0 Å². The van der Waals surface area contributed by atoms with Crippen LogP contribution in [0.4, 0.5) is 0 Å². The molecule has 0 saturated heterocycles. The van der Waals surface area contributed by atoms with Gasteiger partial charge in [0, 0.05) is 17.0 Å². The zero-order valence-corrected chi connectivity index (χ0v) is 13.8. The molecule has 0 aliphatic heterocycles. The molecule has 1 aromatic heterocycles. The fourth-order valence-corrected chi connectivity index (χ4v) is 3.01. The molecule has 25 heavy (non-hydrogen) atoms. The molecule has 0 fully saturated rings. The predicted molar refractivity (Wildman–Crippen MR) is 100 cm³/mol. The summed E-state index contributed by atoms with van der Waals surface area (Å²) in [7, 11) is 0. The first-order valence-electron chi connectivity index (χ1n) is 8.36. The van der Waals surface area contributed by atoms with Gasteiger partial charge in [-0.3, -0.25) is 4.79 Å². The fourth-order valence-electron chi connectivity index (χ4n) is 3.01. The molecular weight excluding hydrogens is 306 g/mol. The maximum Gasteiger partial charge on any atom is 0.227 e. The van der Waals surface area contributed by atoms with E-state index in [1.807, 2.05) is 77.6 Å². The molecule has 0 unspecified atom stereocenters. The van der Waals surface area contributed by atoms with Gasteiger partial charge in [-0.1, -0.05) is 72.8 Å². The Labute approximate surface area is 147 Å². The molecular formula is C23H18NO+. The van der Waals surface area contributed by atoms with E-state index in [4.69, 9.17) is 0 Å². The van der Waals surface area contributed by atoms with Gasteiger partial charge in [0.15, 0.2) is 12.4 Å². The lowest BCUT2D eigenvalue weighted by Gasteiger charge is -2.03. The third-order valence-corrected chi connectivity index (χ3v) is 4.39. The van der Waals surface area contributed by atoms with Gasteiger partial charge >= 0.3 is 0 Å². The number of carbonyl (C=O) groups is 1. The van der Waals surface area contributed by atoms with Gasteiger partial charge in [0.05, 0.1) is 0 Å². The van der Waals surface area contributed by atoms with Crippen molar-refractivity contribution in [2.45, 2.75) is 6.54 Å². The highest BCUT2D eigenvalue weighted by Gasteiger charge is 2.12. The molecule has 4 rings (SSSR count). The van der Waals surface area contributed by atoms with Crippen LogP contribution >= 0.6 is 0 Å². The SMILES string of the molecule is O=C(C[n+]1ccc2ccccc2c1)c1ccc(-c2ccccc2)cc1. The second-order valence-electron chi connectivity index (χ2n) is 6.11. The Balaban J connectivity index is 1.54. The van der Waals surface area contributed by atoms with E-state index in [1.165, 1.54) is 5.39 Å². The monoisotopic (exact) mass is 324 g/mol. The maximum atomic E-state index is 12.6. The summed E-state index contributed by atoms with van der Waals surface area (Å²) in [5.41, 5.74) is 3.02. The first-order valence-corrected chi connectivity index (χ1v) is 8.36. The summed E-state index contributed by atoms with van der Waals surface area (Å²) in [6, 6.07) is 28.2. The minimum atomic E-state index is 0.111. The largest absolute Gasteiger partial charge is 0.287 e. The van der Waals surface area contributed by atoms with Crippen LogP contribution in [0.1, 0.15) is 10.4 Å². The standard InChI is InChI=1S/C23H18NO/c25-23(17-24-15-14-19-8-4-5-9-22(19)16-24)21-12-10-20(11-13-21)18-6-2-1-3-7-18/h1-16H,17H2/q+1. The number of Topliss-reactive ketones (excluding diaryl/α,β-unsaturated/α-hetero) is 1. The van der Waals surface area contributed by atoms with E-state index < -0.39 is 0 Å². The smallest absolute Gasteiger partial charge is 0.227 e. The first-order chi connectivity index (χ1) is 12.3. The average Bonchev–Trinajstić information content (AvgIpc) is 2.69. The third-order valence-electron chi connectivity index (χ3n) is 4.39. The lowest BCUT2D eigenvalue weighted by atomic mass is 10.0.